The molecule has 0 amide bonds. The molecule has 4 nitrogen and oxygen atoms in total. The summed E-state index contributed by atoms with van der Waals surface area (Å²) in [5.41, 5.74) is -0.367. The maximum Gasteiger partial charge on any atom is 0.416 e. The van der Waals surface area contributed by atoms with E-state index in [1.807, 2.05) is 6.07 Å². The highest BCUT2D eigenvalue weighted by Gasteiger charge is 2.31. The van der Waals surface area contributed by atoms with Gasteiger partial charge in [-0.05, 0) is 48.0 Å². The Morgan fingerprint density at radius 2 is 1.73 bits per heavy atom. The summed E-state index contributed by atoms with van der Waals surface area (Å²) in [7, 11) is 0. The van der Waals surface area contributed by atoms with Gasteiger partial charge in [-0.3, -0.25) is 4.79 Å². The number of carbonyl (C=O) groups is 1. The number of rotatable bonds is 8. The van der Waals surface area contributed by atoms with Gasteiger partial charge in [0.05, 0.1) is 23.3 Å². The van der Waals surface area contributed by atoms with Crippen LogP contribution in [0.5, 0.6) is 17.2 Å². The minimum atomic E-state index is -4.51. The minimum Gasteiger partial charge on any atom is -0.493 e. The van der Waals surface area contributed by atoms with Crippen molar-refractivity contribution in [3.8, 4) is 23.3 Å². The lowest BCUT2D eigenvalue weighted by Gasteiger charge is -2.13. The predicted molar refractivity (Wildman–Crippen MR) is 118 cm³/mol. The van der Waals surface area contributed by atoms with Gasteiger partial charge in [0.15, 0.2) is 5.78 Å². The van der Waals surface area contributed by atoms with Crippen molar-refractivity contribution < 1.29 is 27.4 Å². The van der Waals surface area contributed by atoms with Crippen molar-refractivity contribution in [2.75, 3.05) is 6.61 Å². The van der Waals surface area contributed by atoms with Crippen LogP contribution in [-0.2, 0) is 11.0 Å². The quantitative estimate of drug-likeness (QED) is 0.326. The molecule has 9 heteroatoms. The molecule has 0 fully saturated rings. The molecule has 170 valence electrons. The van der Waals surface area contributed by atoms with Gasteiger partial charge in [-0.2, -0.15) is 18.4 Å². The van der Waals surface area contributed by atoms with Crippen LogP contribution in [0.3, 0.4) is 0 Å². The molecule has 3 aromatic carbocycles. The van der Waals surface area contributed by atoms with Crippen LogP contribution >= 0.6 is 23.2 Å². The lowest BCUT2D eigenvalue weighted by atomic mass is 9.94. The molecule has 0 saturated heterocycles. The van der Waals surface area contributed by atoms with Gasteiger partial charge in [0, 0.05) is 17.5 Å². The zero-order valence-electron chi connectivity index (χ0n) is 16.9. The monoisotopic (exact) mass is 493 g/mol. The normalized spacial score (nSPS) is 12.0. The zero-order valence-corrected chi connectivity index (χ0v) is 18.4. The van der Waals surface area contributed by atoms with Crippen molar-refractivity contribution in [1.29, 1.82) is 5.26 Å². The third-order valence-corrected chi connectivity index (χ3v) is 5.07. The number of benzene rings is 3. The number of nitriles is 1. The summed E-state index contributed by atoms with van der Waals surface area (Å²) >= 11 is 11.8. The number of ketones is 1. The first-order valence-corrected chi connectivity index (χ1v) is 10.4. The summed E-state index contributed by atoms with van der Waals surface area (Å²) < 4.78 is 49.5. The smallest absolute Gasteiger partial charge is 0.416 e. The number of nitrogens with zero attached hydrogens (tertiary/aromatic N) is 1. The van der Waals surface area contributed by atoms with E-state index in [0.29, 0.717) is 16.3 Å². The highest BCUT2D eigenvalue weighted by Crippen LogP contribution is 2.37. The summed E-state index contributed by atoms with van der Waals surface area (Å²) in [5, 5.41) is 9.62. The highest BCUT2D eigenvalue weighted by molar-refractivity contribution is 6.32. The Morgan fingerprint density at radius 3 is 2.39 bits per heavy atom. The number of halogens is 5. The largest absolute Gasteiger partial charge is 0.493 e. The molecule has 33 heavy (non-hydrogen) atoms. The van der Waals surface area contributed by atoms with Crippen LogP contribution < -0.4 is 9.47 Å². The summed E-state index contributed by atoms with van der Waals surface area (Å²) in [4.78, 5) is 12.5. The fourth-order valence-electron chi connectivity index (χ4n) is 2.95. The molecule has 0 aliphatic heterocycles. The SMILES string of the molecule is N#CC(C(=O)CCOc1cccc(Oc2ccc(C(F)(F)F)cc2Cl)c1)c1cccc(Cl)c1. The second-order valence-corrected chi connectivity index (χ2v) is 7.75. The Hall–Kier alpha value is -3.21. The van der Waals surface area contributed by atoms with E-state index in [1.165, 1.54) is 6.07 Å². The van der Waals surface area contributed by atoms with Crippen molar-refractivity contribution in [3.05, 3.63) is 87.9 Å². The first-order valence-electron chi connectivity index (χ1n) is 9.62. The van der Waals surface area contributed by atoms with Gasteiger partial charge in [0.2, 0.25) is 0 Å². The summed E-state index contributed by atoms with van der Waals surface area (Å²) in [6.07, 6.45) is -4.52. The van der Waals surface area contributed by atoms with Crippen LogP contribution in [0.15, 0.2) is 66.7 Å². The van der Waals surface area contributed by atoms with E-state index in [1.54, 1.807) is 42.5 Å². The van der Waals surface area contributed by atoms with E-state index in [2.05, 4.69) is 0 Å². The molecule has 1 unspecified atom stereocenters. The van der Waals surface area contributed by atoms with Gasteiger partial charge in [-0.25, -0.2) is 0 Å². The minimum absolute atomic E-state index is 0.0133. The van der Waals surface area contributed by atoms with E-state index in [9.17, 15) is 23.2 Å². The van der Waals surface area contributed by atoms with Crippen LogP contribution in [0.1, 0.15) is 23.5 Å². The number of hydrogen-bond acceptors (Lipinski definition) is 4. The van der Waals surface area contributed by atoms with Crippen molar-refractivity contribution in [3.63, 3.8) is 0 Å². The van der Waals surface area contributed by atoms with Crippen LogP contribution in [0, 0.1) is 11.3 Å². The Balaban J connectivity index is 1.60. The molecule has 0 bridgehead atoms. The lowest BCUT2D eigenvalue weighted by molar-refractivity contribution is -0.137. The van der Waals surface area contributed by atoms with Crippen molar-refractivity contribution in [2.24, 2.45) is 0 Å². The first-order chi connectivity index (χ1) is 15.7. The highest BCUT2D eigenvalue weighted by atomic mass is 35.5. The van der Waals surface area contributed by atoms with Gasteiger partial charge in [-0.15, -0.1) is 0 Å². The van der Waals surface area contributed by atoms with Crippen molar-refractivity contribution in [2.45, 2.75) is 18.5 Å². The molecule has 0 aliphatic rings. The van der Waals surface area contributed by atoms with Crippen LogP contribution in [0.2, 0.25) is 10.0 Å². The molecule has 0 spiro atoms. The number of ether oxygens (including phenoxy) is 2. The summed E-state index contributed by atoms with van der Waals surface area (Å²) in [6.45, 7) is 0.0159. The number of carbonyl (C=O) groups excluding carboxylic acids is 1. The topological polar surface area (TPSA) is 59.3 Å². The van der Waals surface area contributed by atoms with Gasteiger partial charge in [-0.1, -0.05) is 41.4 Å². The maximum atomic E-state index is 12.8. The lowest BCUT2D eigenvalue weighted by Crippen LogP contribution is -2.14. The van der Waals surface area contributed by atoms with Gasteiger partial charge in [0.25, 0.3) is 0 Å². The summed E-state index contributed by atoms with van der Waals surface area (Å²) in [6, 6.07) is 17.7. The van der Waals surface area contributed by atoms with Crippen LogP contribution in [0.25, 0.3) is 0 Å². The van der Waals surface area contributed by atoms with Crippen LogP contribution in [0.4, 0.5) is 13.2 Å². The third kappa shape index (κ3) is 6.64. The molecule has 3 rings (SSSR count). The molecule has 1 atom stereocenters. The second kappa shape index (κ2) is 10.6. The molecule has 0 saturated carbocycles. The Kier molecular flexibility index (Phi) is 7.85. The van der Waals surface area contributed by atoms with E-state index in [0.717, 1.165) is 18.2 Å². The molecule has 3 aromatic rings. The number of hydrogen-bond donors (Lipinski definition) is 0. The first kappa shape index (κ1) is 24.4. The predicted octanol–water partition coefficient (Wildman–Crippen LogP) is 7.45. The number of Topliss-reactive ketones (excluding diaryl/α,β-unsaturated/α-hetero) is 1. The number of alkyl halides is 3. The van der Waals surface area contributed by atoms with E-state index in [-0.39, 0.29) is 35.3 Å². The Morgan fingerprint density at radius 1 is 1.00 bits per heavy atom. The Bertz CT molecular complexity index is 1190. The molecule has 0 N–H and O–H groups in total. The average molecular weight is 494 g/mol. The van der Waals surface area contributed by atoms with Crippen LogP contribution in [-0.4, -0.2) is 12.4 Å². The fraction of sp³-hybridized carbons (Fsp3) is 0.167. The van der Waals surface area contributed by atoms with Crippen molar-refractivity contribution >= 4 is 29.0 Å². The molecule has 0 aliphatic carbocycles. The maximum absolute atomic E-state index is 12.8. The molecule has 0 heterocycles. The van der Waals surface area contributed by atoms with Crippen molar-refractivity contribution in [1.82, 2.24) is 0 Å². The van der Waals surface area contributed by atoms with Gasteiger partial charge in [0.1, 0.15) is 23.2 Å². The summed E-state index contributed by atoms with van der Waals surface area (Å²) in [5.74, 6) is -0.559. The molecular formula is C24H16Cl2F3NO3. The third-order valence-electron chi connectivity index (χ3n) is 4.54. The Labute approximate surface area is 198 Å². The van der Waals surface area contributed by atoms with Gasteiger partial charge < -0.3 is 9.47 Å². The van der Waals surface area contributed by atoms with Gasteiger partial charge >= 0.3 is 6.18 Å². The molecule has 0 radical (unpaired) electrons. The van der Waals surface area contributed by atoms with E-state index >= 15 is 0 Å². The molecular weight excluding hydrogens is 478 g/mol. The fourth-order valence-corrected chi connectivity index (χ4v) is 3.36. The average Bonchev–Trinajstić information content (AvgIpc) is 2.75. The van der Waals surface area contributed by atoms with E-state index < -0.39 is 17.7 Å². The second-order valence-electron chi connectivity index (χ2n) is 6.90. The molecule has 0 aromatic heterocycles. The van der Waals surface area contributed by atoms with E-state index in [4.69, 9.17) is 32.7 Å². The zero-order chi connectivity index (χ0) is 24.0. The standard InChI is InChI=1S/C24H16Cl2F3NO3/c25-17-4-1-3-15(11-17)20(14-30)22(31)9-10-32-18-5-2-6-19(13-18)33-23-8-7-16(12-21(23)26)24(27,28)29/h1-8,11-13,20H,9-10H2.